The second-order valence-corrected chi connectivity index (χ2v) is 6.88. The van der Waals surface area contributed by atoms with E-state index in [0.29, 0.717) is 17.4 Å². The molecule has 1 aromatic carbocycles. The first-order valence-corrected chi connectivity index (χ1v) is 9.81. The Hall–Kier alpha value is -2.58. The second kappa shape index (κ2) is 10.1. The van der Waals surface area contributed by atoms with Crippen molar-refractivity contribution in [2.75, 3.05) is 13.2 Å². The highest BCUT2D eigenvalue weighted by Gasteiger charge is 2.16. The third-order valence-electron chi connectivity index (χ3n) is 4.40. The Kier molecular flexibility index (Phi) is 7.27. The molecule has 1 aliphatic heterocycles. The second-order valence-electron chi connectivity index (χ2n) is 6.48. The molecule has 3 rings (SSSR count). The fraction of sp³-hybridized carbons (Fsp3) is 0.400. The van der Waals surface area contributed by atoms with Gasteiger partial charge in [-0.3, -0.25) is 15.6 Å². The number of rotatable bonds is 7. The van der Waals surface area contributed by atoms with Crippen LogP contribution in [0.5, 0.6) is 5.75 Å². The number of thiocarbonyl (C=S) groups is 1. The minimum Gasteiger partial charge on any atom is -0.486 e. The molecule has 0 unspecified atom stereocenters. The summed E-state index contributed by atoms with van der Waals surface area (Å²) in [6.45, 7) is 3.75. The van der Waals surface area contributed by atoms with Gasteiger partial charge in [0.1, 0.15) is 18.1 Å². The molecular formula is C20H25N3O4S. The van der Waals surface area contributed by atoms with Crippen molar-refractivity contribution in [1.82, 2.24) is 16.2 Å². The number of nitrogens with one attached hydrogen (secondary N) is 3. The predicted octanol–water partition coefficient (Wildman–Crippen LogP) is 2.71. The van der Waals surface area contributed by atoms with E-state index in [0.717, 1.165) is 31.6 Å². The molecule has 1 aliphatic rings. The van der Waals surface area contributed by atoms with Gasteiger partial charge >= 0.3 is 5.91 Å². The maximum Gasteiger partial charge on any atom is 0.305 e. The molecule has 28 heavy (non-hydrogen) atoms. The van der Waals surface area contributed by atoms with Crippen LogP contribution in [-0.4, -0.2) is 30.3 Å². The Labute approximate surface area is 169 Å². The van der Waals surface area contributed by atoms with Crippen molar-refractivity contribution in [3.63, 3.8) is 0 Å². The lowest BCUT2D eigenvalue weighted by Gasteiger charge is -2.14. The van der Waals surface area contributed by atoms with Gasteiger partial charge in [-0.1, -0.05) is 19.1 Å². The van der Waals surface area contributed by atoms with Gasteiger partial charge in [-0.2, -0.15) is 0 Å². The average molecular weight is 404 g/mol. The summed E-state index contributed by atoms with van der Waals surface area (Å²) in [5, 5.41) is 3.34. The SMILES string of the molecule is CCc1ccc(OCc2ccc(C(=O)NNC(=S)NC[C@@H]3CCCO3)o2)cc1. The van der Waals surface area contributed by atoms with Gasteiger partial charge in [-0.25, -0.2) is 0 Å². The van der Waals surface area contributed by atoms with Gasteiger partial charge in [0.15, 0.2) is 10.9 Å². The molecule has 2 aromatic rings. The molecule has 7 nitrogen and oxygen atoms in total. The van der Waals surface area contributed by atoms with Crippen LogP contribution in [0.1, 0.15) is 41.6 Å². The lowest BCUT2D eigenvalue weighted by atomic mass is 10.2. The Morgan fingerprint density at radius 3 is 2.75 bits per heavy atom. The Morgan fingerprint density at radius 2 is 2.04 bits per heavy atom. The van der Waals surface area contributed by atoms with Crippen LogP contribution in [0.3, 0.4) is 0 Å². The highest BCUT2D eigenvalue weighted by Crippen LogP contribution is 2.16. The molecule has 1 fully saturated rings. The molecular weight excluding hydrogens is 378 g/mol. The standard InChI is InChI=1S/C20H25N3O4S/c1-2-14-5-7-15(8-6-14)26-13-17-9-10-18(27-17)19(24)22-23-20(28)21-12-16-4-3-11-25-16/h5-10,16H,2-4,11-13H2,1H3,(H,22,24)(H2,21,23,28)/t16-/m0/s1. The van der Waals surface area contributed by atoms with Crippen molar-refractivity contribution < 1.29 is 18.7 Å². The molecule has 1 saturated heterocycles. The highest BCUT2D eigenvalue weighted by molar-refractivity contribution is 7.80. The van der Waals surface area contributed by atoms with E-state index < -0.39 is 5.91 Å². The number of ether oxygens (including phenoxy) is 2. The number of hydrazine groups is 1. The van der Waals surface area contributed by atoms with E-state index in [1.54, 1.807) is 12.1 Å². The minimum atomic E-state index is -0.417. The van der Waals surface area contributed by atoms with Crippen LogP contribution in [0.2, 0.25) is 0 Å². The monoisotopic (exact) mass is 403 g/mol. The Balaban J connectivity index is 1.39. The first-order valence-electron chi connectivity index (χ1n) is 9.40. The molecule has 1 amide bonds. The smallest absolute Gasteiger partial charge is 0.305 e. The van der Waals surface area contributed by atoms with Crippen molar-refractivity contribution in [1.29, 1.82) is 0 Å². The minimum absolute atomic E-state index is 0.168. The molecule has 0 radical (unpaired) electrons. The van der Waals surface area contributed by atoms with E-state index >= 15 is 0 Å². The molecule has 1 atom stereocenters. The van der Waals surface area contributed by atoms with Crippen LogP contribution in [0.25, 0.3) is 0 Å². The zero-order chi connectivity index (χ0) is 19.8. The zero-order valence-electron chi connectivity index (χ0n) is 15.8. The van der Waals surface area contributed by atoms with Crippen LogP contribution in [0.4, 0.5) is 0 Å². The van der Waals surface area contributed by atoms with Crippen molar-refractivity contribution in [2.24, 2.45) is 0 Å². The van der Waals surface area contributed by atoms with Crippen molar-refractivity contribution >= 4 is 23.2 Å². The third kappa shape index (κ3) is 5.97. The van der Waals surface area contributed by atoms with E-state index in [1.165, 1.54) is 5.56 Å². The number of amides is 1. The molecule has 8 heteroatoms. The third-order valence-corrected chi connectivity index (χ3v) is 4.65. The van der Waals surface area contributed by atoms with Gasteiger partial charge in [-0.05, 0) is 61.3 Å². The van der Waals surface area contributed by atoms with Crippen LogP contribution in [0.15, 0.2) is 40.8 Å². The van der Waals surface area contributed by atoms with Gasteiger partial charge in [-0.15, -0.1) is 0 Å². The van der Waals surface area contributed by atoms with E-state index in [2.05, 4.69) is 23.1 Å². The zero-order valence-corrected chi connectivity index (χ0v) is 16.6. The van der Waals surface area contributed by atoms with Gasteiger partial charge in [0.2, 0.25) is 0 Å². The summed E-state index contributed by atoms with van der Waals surface area (Å²) in [5.74, 6) is 1.07. The van der Waals surface area contributed by atoms with Crippen LogP contribution in [0, 0.1) is 0 Å². The fourth-order valence-electron chi connectivity index (χ4n) is 2.78. The molecule has 0 aliphatic carbocycles. The highest BCUT2D eigenvalue weighted by atomic mass is 32.1. The van der Waals surface area contributed by atoms with Gasteiger partial charge < -0.3 is 19.2 Å². The molecule has 0 saturated carbocycles. The molecule has 3 N–H and O–H groups in total. The fourth-order valence-corrected chi connectivity index (χ4v) is 2.92. The van der Waals surface area contributed by atoms with Gasteiger partial charge in [0.25, 0.3) is 0 Å². The number of hydrogen-bond donors (Lipinski definition) is 3. The first kappa shape index (κ1) is 20.2. The normalized spacial score (nSPS) is 15.8. The summed E-state index contributed by atoms with van der Waals surface area (Å²) in [4.78, 5) is 12.1. The molecule has 0 bridgehead atoms. The summed E-state index contributed by atoms with van der Waals surface area (Å²) < 4.78 is 16.7. The van der Waals surface area contributed by atoms with Crippen LogP contribution in [-0.2, 0) is 17.8 Å². The first-order chi connectivity index (χ1) is 13.6. The molecule has 1 aromatic heterocycles. The van der Waals surface area contributed by atoms with Crippen LogP contribution >= 0.6 is 12.2 Å². The van der Waals surface area contributed by atoms with Crippen molar-refractivity contribution in [3.8, 4) is 5.75 Å². The number of carbonyl (C=O) groups is 1. The Bertz CT molecular complexity index is 785. The number of aryl methyl sites for hydroxylation is 1. The summed E-state index contributed by atoms with van der Waals surface area (Å²) in [7, 11) is 0. The van der Waals surface area contributed by atoms with E-state index in [1.807, 2.05) is 24.3 Å². The molecule has 2 heterocycles. The number of furan rings is 1. The topological polar surface area (TPSA) is 84.8 Å². The lowest BCUT2D eigenvalue weighted by Crippen LogP contribution is -2.48. The van der Waals surface area contributed by atoms with Gasteiger partial charge in [0, 0.05) is 13.2 Å². The quantitative estimate of drug-likeness (QED) is 0.484. The maximum absolute atomic E-state index is 12.1. The lowest BCUT2D eigenvalue weighted by molar-refractivity contribution is 0.0911. The average Bonchev–Trinajstić information content (AvgIpc) is 3.41. The van der Waals surface area contributed by atoms with E-state index in [-0.39, 0.29) is 18.5 Å². The molecule has 150 valence electrons. The van der Waals surface area contributed by atoms with Gasteiger partial charge in [0.05, 0.1) is 6.10 Å². The van der Waals surface area contributed by atoms with Crippen molar-refractivity contribution in [2.45, 2.75) is 38.9 Å². The van der Waals surface area contributed by atoms with E-state index in [4.69, 9.17) is 26.1 Å². The summed E-state index contributed by atoms with van der Waals surface area (Å²) >= 11 is 5.13. The number of carbonyl (C=O) groups excluding carboxylic acids is 1. The number of benzene rings is 1. The predicted molar refractivity (Wildman–Crippen MR) is 109 cm³/mol. The van der Waals surface area contributed by atoms with E-state index in [9.17, 15) is 4.79 Å². The Morgan fingerprint density at radius 1 is 1.21 bits per heavy atom. The van der Waals surface area contributed by atoms with Crippen LogP contribution < -0.4 is 20.9 Å². The largest absolute Gasteiger partial charge is 0.486 e. The molecule has 0 spiro atoms. The summed E-state index contributed by atoms with van der Waals surface area (Å²) in [5.41, 5.74) is 6.41. The summed E-state index contributed by atoms with van der Waals surface area (Å²) in [6, 6.07) is 11.2. The van der Waals surface area contributed by atoms with Crippen molar-refractivity contribution in [3.05, 3.63) is 53.5 Å². The summed E-state index contributed by atoms with van der Waals surface area (Å²) in [6.07, 6.45) is 3.24. The maximum atomic E-state index is 12.1. The number of hydrogen-bond acceptors (Lipinski definition) is 5.